The number of sulfonamides is 1. The molecule has 0 unspecified atom stereocenters. The molecule has 0 aromatic carbocycles. The normalized spacial score (nSPS) is 17.9. The van der Waals surface area contributed by atoms with Gasteiger partial charge in [0.2, 0.25) is 10.0 Å². The molecule has 1 aliphatic rings. The van der Waals surface area contributed by atoms with Gasteiger partial charge >= 0.3 is 5.97 Å². The molecule has 0 aromatic rings. The molecule has 0 aromatic heterocycles. The second kappa shape index (κ2) is 7.87. The predicted molar refractivity (Wildman–Crippen MR) is 79.8 cm³/mol. The minimum atomic E-state index is -3.45. The second-order valence-corrected chi connectivity index (χ2v) is 7.18. The van der Waals surface area contributed by atoms with Crippen LogP contribution >= 0.6 is 12.2 Å². The van der Waals surface area contributed by atoms with Crippen LogP contribution in [-0.2, 0) is 19.6 Å². The van der Waals surface area contributed by atoms with Gasteiger partial charge in [0.25, 0.3) is 0 Å². The van der Waals surface area contributed by atoms with Gasteiger partial charge in [-0.2, -0.15) is 0 Å². The van der Waals surface area contributed by atoms with Gasteiger partial charge in [-0.25, -0.2) is 13.1 Å². The number of methoxy groups -OCH3 is 1. The lowest BCUT2D eigenvalue weighted by Gasteiger charge is -2.31. The Hall–Kier alpha value is -0.770. The summed E-state index contributed by atoms with van der Waals surface area (Å²) in [6, 6.07) is -0.0970. The van der Waals surface area contributed by atoms with E-state index < -0.39 is 16.0 Å². The van der Waals surface area contributed by atoms with E-state index in [1.54, 1.807) is 0 Å². The maximum Gasteiger partial charge on any atom is 0.306 e. The first-order chi connectivity index (χ1) is 9.32. The van der Waals surface area contributed by atoms with E-state index in [2.05, 4.69) is 14.4 Å². The number of carbonyl (C=O) groups is 1. The standard InChI is InChI=1S/C11H21N3O4S2/c1-18-11(15)4-7-20(16,17)13-9-2-5-14(6-3-9)8-10(12)19/h9,13H,2-8H2,1H3,(H2,12,19). The van der Waals surface area contributed by atoms with Gasteiger partial charge in [-0.3, -0.25) is 9.69 Å². The number of hydrogen-bond acceptors (Lipinski definition) is 6. The van der Waals surface area contributed by atoms with Crippen LogP contribution in [-0.4, -0.2) is 62.8 Å². The Bertz CT molecular complexity index is 445. The van der Waals surface area contributed by atoms with Crippen LogP contribution < -0.4 is 10.5 Å². The summed E-state index contributed by atoms with van der Waals surface area (Å²) in [7, 11) is -2.21. The van der Waals surface area contributed by atoms with Crippen LogP contribution in [0.3, 0.4) is 0 Å². The average Bonchev–Trinajstić information content (AvgIpc) is 2.37. The van der Waals surface area contributed by atoms with E-state index in [0.717, 1.165) is 13.1 Å². The highest BCUT2D eigenvalue weighted by Gasteiger charge is 2.24. The monoisotopic (exact) mass is 323 g/mol. The molecule has 0 atom stereocenters. The van der Waals surface area contributed by atoms with Crippen molar-refractivity contribution >= 4 is 33.2 Å². The summed E-state index contributed by atoms with van der Waals surface area (Å²) < 4.78 is 30.7. The number of likely N-dealkylation sites (tertiary alicyclic amines) is 1. The van der Waals surface area contributed by atoms with E-state index in [1.807, 2.05) is 0 Å². The largest absolute Gasteiger partial charge is 0.469 e. The molecule has 1 aliphatic heterocycles. The Labute approximate surface area is 124 Å². The van der Waals surface area contributed by atoms with Crippen molar-refractivity contribution in [2.24, 2.45) is 5.73 Å². The van der Waals surface area contributed by atoms with Gasteiger partial charge in [0.05, 0.1) is 24.3 Å². The number of nitrogens with zero attached hydrogens (tertiary/aromatic N) is 1. The van der Waals surface area contributed by atoms with Gasteiger partial charge in [-0.15, -0.1) is 0 Å². The topological polar surface area (TPSA) is 102 Å². The molecule has 0 bridgehead atoms. The number of hydrogen-bond donors (Lipinski definition) is 2. The van der Waals surface area contributed by atoms with Gasteiger partial charge in [0, 0.05) is 25.7 Å². The molecular formula is C11H21N3O4S2. The van der Waals surface area contributed by atoms with Crippen molar-refractivity contribution in [3.05, 3.63) is 0 Å². The van der Waals surface area contributed by atoms with Crippen LogP contribution in [0.15, 0.2) is 0 Å². The molecular weight excluding hydrogens is 302 g/mol. The lowest BCUT2D eigenvalue weighted by Crippen LogP contribution is -2.47. The van der Waals surface area contributed by atoms with Crippen molar-refractivity contribution in [2.45, 2.75) is 25.3 Å². The van der Waals surface area contributed by atoms with Crippen LogP contribution in [0.5, 0.6) is 0 Å². The molecule has 0 saturated carbocycles. The molecule has 0 spiro atoms. The van der Waals surface area contributed by atoms with Crippen molar-refractivity contribution in [2.75, 3.05) is 32.5 Å². The molecule has 0 aliphatic carbocycles. The first-order valence-corrected chi connectivity index (χ1v) is 8.46. The maximum absolute atomic E-state index is 11.8. The quantitative estimate of drug-likeness (QED) is 0.468. The smallest absolute Gasteiger partial charge is 0.306 e. The highest BCUT2D eigenvalue weighted by atomic mass is 32.2. The predicted octanol–water partition coefficient (Wildman–Crippen LogP) is -0.781. The molecule has 9 heteroatoms. The van der Waals surface area contributed by atoms with Crippen LogP contribution in [0.2, 0.25) is 0 Å². The third kappa shape index (κ3) is 6.60. The number of piperidine rings is 1. The van der Waals surface area contributed by atoms with E-state index in [0.29, 0.717) is 24.4 Å². The highest BCUT2D eigenvalue weighted by Crippen LogP contribution is 2.11. The lowest BCUT2D eigenvalue weighted by molar-refractivity contribution is -0.140. The molecule has 1 rings (SSSR count). The summed E-state index contributed by atoms with van der Waals surface area (Å²) in [4.78, 5) is 13.5. The molecule has 20 heavy (non-hydrogen) atoms. The van der Waals surface area contributed by atoms with Crippen LogP contribution in [0, 0.1) is 0 Å². The minimum absolute atomic E-state index is 0.0970. The van der Waals surface area contributed by atoms with Gasteiger partial charge < -0.3 is 10.5 Å². The van der Waals surface area contributed by atoms with E-state index in [9.17, 15) is 13.2 Å². The van der Waals surface area contributed by atoms with Gasteiger partial charge in [-0.1, -0.05) is 12.2 Å². The van der Waals surface area contributed by atoms with Gasteiger partial charge in [0.15, 0.2) is 0 Å². The number of ether oxygens (including phenoxy) is 1. The fourth-order valence-electron chi connectivity index (χ4n) is 2.06. The zero-order chi connectivity index (χ0) is 15.2. The van der Waals surface area contributed by atoms with Crippen LogP contribution in [0.25, 0.3) is 0 Å². The van der Waals surface area contributed by atoms with Crippen molar-refractivity contribution < 1.29 is 17.9 Å². The Kier molecular flexibility index (Phi) is 6.80. The summed E-state index contributed by atoms with van der Waals surface area (Å²) in [5.41, 5.74) is 5.48. The fourth-order valence-corrected chi connectivity index (χ4v) is 3.54. The van der Waals surface area contributed by atoms with E-state index in [4.69, 9.17) is 18.0 Å². The first-order valence-electron chi connectivity index (χ1n) is 6.40. The van der Waals surface area contributed by atoms with E-state index >= 15 is 0 Å². The minimum Gasteiger partial charge on any atom is -0.469 e. The summed E-state index contributed by atoms with van der Waals surface area (Å²) >= 11 is 4.84. The maximum atomic E-state index is 11.8. The van der Waals surface area contributed by atoms with E-state index in [1.165, 1.54) is 7.11 Å². The summed E-state index contributed by atoms with van der Waals surface area (Å²) in [6.45, 7) is 2.07. The summed E-state index contributed by atoms with van der Waals surface area (Å²) in [5, 5.41) is 0. The Morgan fingerprint density at radius 2 is 2.05 bits per heavy atom. The van der Waals surface area contributed by atoms with Gasteiger partial charge in [-0.05, 0) is 12.8 Å². The molecule has 0 radical (unpaired) electrons. The zero-order valence-electron chi connectivity index (χ0n) is 11.5. The van der Waals surface area contributed by atoms with Gasteiger partial charge in [0.1, 0.15) is 0 Å². The molecule has 116 valence electrons. The summed E-state index contributed by atoms with van der Waals surface area (Å²) in [5.74, 6) is -0.770. The molecule has 1 saturated heterocycles. The van der Waals surface area contributed by atoms with Crippen molar-refractivity contribution in [3.8, 4) is 0 Å². The lowest BCUT2D eigenvalue weighted by atomic mass is 10.1. The zero-order valence-corrected chi connectivity index (χ0v) is 13.1. The number of nitrogens with one attached hydrogen (secondary N) is 1. The Morgan fingerprint density at radius 3 is 2.55 bits per heavy atom. The molecule has 0 amide bonds. The number of carbonyl (C=O) groups excluding carboxylic acids is 1. The third-order valence-electron chi connectivity index (χ3n) is 3.12. The highest BCUT2D eigenvalue weighted by molar-refractivity contribution is 7.89. The SMILES string of the molecule is COC(=O)CCS(=O)(=O)NC1CCN(CC(N)=S)CC1. The number of esters is 1. The fraction of sp³-hybridized carbons (Fsp3) is 0.818. The van der Waals surface area contributed by atoms with Crippen molar-refractivity contribution in [1.29, 1.82) is 0 Å². The molecule has 1 fully saturated rings. The summed E-state index contributed by atoms with van der Waals surface area (Å²) in [6.07, 6.45) is 1.28. The first kappa shape index (κ1) is 17.3. The molecule has 7 nitrogen and oxygen atoms in total. The number of thiocarbonyl (C=S) groups is 1. The number of rotatable bonds is 7. The Balaban J connectivity index is 2.35. The van der Waals surface area contributed by atoms with Crippen molar-refractivity contribution in [1.82, 2.24) is 9.62 Å². The third-order valence-corrected chi connectivity index (χ3v) is 4.68. The second-order valence-electron chi connectivity index (χ2n) is 4.78. The van der Waals surface area contributed by atoms with Crippen LogP contribution in [0.4, 0.5) is 0 Å². The molecule has 1 heterocycles. The average molecular weight is 323 g/mol. The number of nitrogens with two attached hydrogens (primary N) is 1. The molecule has 3 N–H and O–H groups in total. The van der Waals surface area contributed by atoms with E-state index in [-0.39, 0.29) is 18.2 Å². The van der Waals surface area contributed by atoms with Crippen LogP contribution in [0.1, 0.15) is 19.3 Å². The Morgan fingerprint density at radius 1 is 1.45 bits per heavy atom. The van der Waals surface area contributed by atoms with Crippen molar-refractivity contribution in [3.63, 3.8) is 0 Å².